The molecule has 0 aliphatic carbocycles. The van der Waals surface area contributed by atoms with E-state index in [1.54, 1.807) is 48.5 Å². The van der Waals surface area contributed by atoms with Gasteiger partial charge in [0.05, 0.1) is 5.69 Å². The van der Waals surface area contributed by atoms with Crippen molar-refractivity contribution in [1.82, 2.24) is 4.31 Å². The van der Waals surface area contributed by atoms with E-state index in [-0.39, 0.29) is 18.0 Å². The maximum Gasteiger partial charge on any atom is 0.255 e. The lowest BCUT2D eigenvalue weighted by Gasteiger charge is -2.37. The van der Waals surface area contributed by atoms with E-state index in [1.165, 1.54) is 4.31 Å². The first kappa shape index (κ1) is 19.9. The van der Waals surface area contributed by atoms with Gasteiger partial charge in [0.15, 0.2) is 6.61 Å². The van der Waals surface area contributed by atoms with Gasteiger partial charge in [-0.25, -0.2) is 8.42 Å². The van der Waals surface area contributed by atoms with Crippen molar-refractivity contribution in [2.24, 2.45) is 5.73 Å². The summed E-state index contributed by atoms with van der Waals surface area (Å²) in [6.07, 6.45) is -0.602. The van der Waals surface area contributed by atoms with Gasteiger partial charge >= 0.3 is 0 Å². The molecule has 1 atom stereocenters. The monoisotopic (exact) mass is 423 g/mol. The molecule has 0 saturated heterocycles. The highest BCUT2D eigenvalue weighted by atomic mass is 32.2. The zero-order valence-corrected chi connectivity index (χ0v) is 16.9. The normalized spacial score (nSPS) is 17.5. The fourth-order valence-corrected chi connectivity index (χ4v) is 5.06. The van der Waals surface area contributed by atoms with Gasteiger partial charge in [-0.15, -0.1) is 0 Å². The number of primary amides is 1. The highest BCUT2D eigenvalue weighted by Crippen LogP contribution is 2.39. The highest BCUT2D eigenvalue weighted by molar-refractivity contribution is 7.89. The van der Waals surface area contributed by atoms with Gasteiger partial charge in [-0.1, -0.05) is 54.6 Å². The summed E-state index contributed by atoms with van der Waals surface area (Å²) in [7, 11) is -3.73. The predicted octanol–water partition coefficient (Wildman–Crippen LogP) is 2.87. The second-order valence-electron chi connectivity index (χ2n) is 6.90. The Balaban J connectivity index is 1.71. The molecule has 0 bridgehead atoms. The molecule has 4 rings (SSSR count). The minimum absolute atomic E-state index is 0.217. The van der Waals surface area contributed by atoms with Crippen LogP contribution in [0, 0.1) is 0 Å². The Bertz CT molecular complexity index is 1150. The second kappa shape index (κ2) is 8.17. The van der Waals surface area contributed by atoms with E-state index < -0.39 is 22.1 Å². The van der Waals surface area contributed by atoms with Gasteiger partial charge in [0.1, 0.15) is 16.8 Å². The molecule has 0 radical (unpaired) electrons. The first-order chi connectivity index (χ1) is 14.4. The van der Waals surface area contributed by atoms with Crippen LogP contribution < -0.4 is 15.8 Å². The fourth-order valence-electron chi connectivity index (χ4n) is 3.39. The van der Waals surface area contributed by atoms with Gasteiger partial charge in [-0.3, -0.25) is 4.79 Å². The molecule has 1 amide bonds. The predicted molar refractivity (Wildman–Crippen MR) is 113 cm³/mol. The van der Waals surface area contributed by atoms with Crippen LogP contribution in [-0.4, -0.2) is 25.2 Å². The average Bonchev–Trinajstić information content (AvgIpc) is 2.75. The van der Waals surface area contributed by atoms with Crippen LogP contribution >= 0.6 is 0 Å². The van der Waals surface area contributed by atoms with Crippen molar-refractivity contribution in [2.75, 3.05) is 11.9 Å². The zero-order chi connectivity index (χ0) is 21.1. The molecule has 1 aliphatic heterocycles. The molecular weight excluding hydrogens is 402 g/mol. The topological polar surface area (TPSA) is 102 Å². The molecule has 1 aliphatic rings. The number of carbonyl (C=O) groups is 1. The summed E-state index contributed by atoms with van der Waals surface area (Å²) in [5.74, 6) is -0.0870. The number of sulfonamides is 1. The van der Waals surface area contributed by atoms with Crippen LogP contribution in [0.4, 0.5) is 5.69 Å². The van der Waals surface area contributed by atoms with Crippen molar-refractivity contribution in [3.63, 3.8) is 0 Å². The van der Waals surface area contributed by atoms with Crippen LogP contribution in [0.5, 0.6) is 5.75 Å². The van der Waals surface area contributed by atoms with Crippen LogP contribution in [0.1, 0.15) is 17.3 Å². The Labute approximate surface area is 175 Å². The summed E-state index contributed by atoms with van der Waals surface area (Å²) in [6.45, 7) is -0.00197. The third kappa shape index (κ3) is 4.00. The second-order valence-corrected chi connectivity index (χ2v) is 8.76. The molecule has 0 saturated carbocycles. The van der Waals surface area contributed by atoms with Crippen LogP contribution in [0.2, 0.25) is 0 Å². The Morgan fingerprint density at radius 1 is 0.967 bits per heavy atom. The molecule has 7 nitrogen and oxygen atoms in total. The van der Waals surface area contributed by atoms with Gasteiger partial charge in [-0.05, 0) is 35.4 Å². The van der Waals surface area contributed by atoms with Crippen molar-refractivity contribution < 1.29 is 17.9 Å². The molecule has 0 unspecified atom stereocenters. The Hall–Kier alpha value is -3.36. The molecule has 3 aromatic carbocycles. The van der Waals surface area contributed by atoms with Crippen LogP contribution in [-0.2, 0) is 21.4 Å². The highest BCUT2D eigenvalue weighted by Gasteiger charge is 2.38. The summed E-state index contributed by atoms with van der Waals surface area (Å²) >= 11 is 0. The number of para-hydroxylation sites is 1. The summed E-state index contributed by atoms with van der Waals surface area (Å²) in [5, 5.41) is 3.34. The van der Waals surface area contributed by atoms with Crippen molar-refractivity contribution in [3.8, 4) is 5.75 Å². The largest absolute Gasteiger partial charge is 0.484 e. The standard InChI is InChI=1S/C22H21N3O4S/c23-21(26)15-29-18-12-10-17(11-13-18)22-24-19-8-4-5-9-20(19)30(27,28)25(22)14-16-6-2-1-3-7-16/h1-13,22,24H,14-15H2,(H2,23,26)/t22-/m0/s1. The third-order valence-electron chi connectivity index (χ3n) is 4.81. The number of anilines is 1. The van der Waals surface area contributed by atoms with Crippen LogP contribution in [0.3, 0.4) is 0 Å². The smallest absolute Gasteiger partial charge is 0.255 e. The zero-order valence-electron chi connectivity index (χ0n) is 16.1. The van der Waals surface area contributed by atoms with Crippen LogP contribution in [0.25, 0.3) is 0 Å². The number of hydrogen-bond donors (Lipinski definition) is 2. The molecule has 1 heterocycles. The van der Waals surface area contributed by atoms with Crippen molar-refractivity contribution in [2.45, 2.75) is 17.6 Å². The Morgan fingerprint density at radius 3 is 2.33 bits per heavy atom. The van der Waals surface area contributed by atoms with Crippen LogP contribution in [0.15, 0.2) is 83.8 Å². The first-order valence-corrected chi connectivity index (χ1v) is 10.8. The average molecular weight is 423 g/mol. The number of rotatable bonds is 6. The number of amides is 1. The summed E-state index contributed by atoms with van der Waals surface area (Å²) in [5.41, 5.74) is 7.29. The summed E-state index contributed by atoms with van der Waals surface area (Å²) < 4.78 is 33.6. The molecule has 3 N–H and O–H groups in total. The number of fused-ring (bicyclic) bond motifs is 1. The molecule has 0 spiro atoms. The molecule has 0 aromatic heterocycles. The lowest BCUT2D eigenvalue weighted by Crippen LogP contribution is -2.42. The molecule has 154 valence electrons. The maximum atomic E-state index is 13.4. The number of nitrogens with one attached hydrogen (secondary N) is 1. The van der Waals surface area contributed by atoms with Gasteiger partial charge in [0, 0.05) is 6.54 Å². The van der Waals surface area contributed by atoms with Gasteiger partial charge < -0.3 is 15.8 Å². The number of carbonyl (C=O) groups excluding carboxylic acids is 1. The minimum Gasteiger partial charge on any atom is -0.484 e. The van der Waals surface area contributed by atoms with Gasteiger partial charge in [-0.2, -0.15) is 4.31 Å². The van der Waals surface area contributed by atoms with E-state index >= 15 is 0 Å². The third-order valence-corrected chi connectivity index (χ3v) is 6.68. The number of nitrogens with two attached hydrogens (primary N) is 1. The Morgan fingerprint density at radius 2 is 1.63 bits per heavy atom. The van der Waals surface area contributed by atoms with E-state index in [0.717, 1.165) is 11.1 Å². The number of nitrogens with zero attached hydrogens (tertiary/aromatic N) is 1. The maximum absolute atomic E-state index is 13.4. The minimum atomic E-state index is -3.73. The van der Waals surface area contributed by atoms with Crippen molar-refractivity contribution in [3.05, 3.63) is 90.0 Å². The molecule has 30 heavy (non-hydrogen) atoms. The summed E-state index contributed by atoms with van der Waals surface area (Å²) in [6, 6.07) is 23.2. The van der Waals surface area contributed by atoms with E-state index in [4.69, 9.17) is 10.5 Å². The van der Waals surface area contributed by atoms with E-state index in [1.807, 2.05) is 30.3 Å². The van der Waals surface area contributed by atoms with Crippen molar-refractivity contribution >= 4 is 21.6 Å². The van der Waals surface area contributed by atoms with E-state index in [9.17, 15) is 13.2 Å². The number of hydrogen-bond acceptors (Lipinski definition) is 5. The van der Waals surface area contributed by atoms with Crippen molar-refractivity contribution in [1.29, 1.82) is 0 Å². The quantitative estimate of drug-likeness (QED) is 0.635. The van der Waals surface area contributed by atoms with E-state index in [2.05, 4.69) is 5.32 Å². The lowest BCUT2D eigenvalue weighted by molar-refractivity contribution is -0.119. The molecule has 8 heteroatoms. The summed E-state index contributed by atoms with van der Waals surface area (Å²) in [4.78, 5) is 11.2. The van der Waals surface area contributed by atoms with Gasteiger partial charge in [0.25, 0.3) is 5.91 Å². The number of ether oxygens (including phenoxy) is 1. The fraction of sp³-hybridized carbons (Fsp3) is 0.136. The molecule has 3 aromatic rings. The molecular formula is C22H21N3O4S. The first-order valence-electron chi connectivity index (χ1n) is 9.37. The number of benzene rings is 3. The molecule has 0 fully saturated rings. The Kier molecular flexibility index (Phi) is 5.43. The SMILES string of the molecule is NC(=O)COc1ccc([C@H]2Nc3ccccc3S(=O)(=O)N2Cc2ccccc2)cc1. The van der Waals surface area contributed by atoms with E-state index in [0.29, 0.717) is 11.4 Å². The lowest BCUT2D eigenvalue weighted by atomic mass is 10.1. The van der Waals surface area contributed by atoms with Gasteiger partial charge in [0.2, 0.25) is 10.0 Å².